The van der Waals surface area contributed by atoms with E-state index in [4.69, 9.17) is 0 Å². The molecule has 2 aromatic rings. The molecule has 0 fully saturated rings. The fourth-order valence-corrected chi connectivity index (χ4v) is 1.40. The Balaban J connectivity index is 0.000000144. The van der Waals surface area contributed by atoms with E-state index < -0.39 is 0 Å². The molecule has 0 aliphatic carbocycles. The van der Waals surface area contributed by atoms with Crippen LogP contribution in [0.1, 0.15) is 13.3 Å². The van der Waals surface area contributed by atoms with Gasteiger partial charge in [0.1, 0.15) is 0 Å². The Kier molecular flexibility index (Phi) is 3.13. The second kappa shape index (κ2) is 4.74. The Bertz CT molecular complexity index is 388. The van der Waals surface area contributed by atoms with Gasteiger partial charge in [-0.1, -0.05) is 55.5 Å². The van der Waals surface area contributed by atoms with Gasteiger partial charge in [0.15, 0.2) is 0 Å². The highest BCUT2D eigenvalue weighted by atomic mass is 14.9. The second-order valence-corrected chi connectivity index (χ2v) is 3.62. The van der Waals surface area contributed by atoms with Crippen LogP contribution in [0.2, 0.25) is 0 Å². The first-order chi connectivity index (χ1) is 7.40. The molecule has 3 rings (SSSR count). The summed E-state index contributed by atoms with van der Waals surface area (Å²) >= 11 is 0. The number of aliphatic imine (C=N–C) groups is 1. The Morgan fingerprint density at radius 1 is 0.933 bits per heavy atom. The maximum absolute atomic E-state index is 3.90. The summed E-state index contributed by atoms with van der Waals surface area (Å²) in [4.78, 5) is 3.90. The lowest BCUT2D eigenvalue weighted by atomic mass is 10.1. The lowest BCUT2D eigenvalue weighted by Crippen LogP contribution is -1.77. The number of hydrogen-bond donors (Lipinski definition) is 0. The normalized spacial score (nSPS) is 17.0. The zero-order valence-corrected chi connectivity index (χ0v) is 8.93. The molecule has 1 aliphatic rings. The second-order valence-electron chi connectivity index (χ2n) is 3.62. The fraction of sp³-hybridized carbons (Fsp3) is 0.214. The average molecular weight is 197 g/mol. The molecular weight excluding hydrogens is 182 g/mol. The maximum atomic E-state index is 3.90. The van der Waals surface area contributed by atoms with E-state index in [1.54, 1.807) is 0 Å². The summed E-state index contributed by atoms with van der Waals surface area (Å²) in [7, 11) is 0. The largest absolute Gasteiger partial charge is 0.286 e. The highest BCUT2D eigenvalue weighted by Gasteiger charge is 2.06. The Hall–Kier alpha value is -1.63. The van der Waals surface area contributed by atoms with E-state index in [1.807, 2.05) is 6.21 Å². The van der Waals surface area contributed by atoms with Crippen LogP contribution in [0.25, 0.3) is 10.8 Å². The highest BCUT2D eigenvalue weighted by Crippen LogP contribution is 2.11. The maximum Gasteiger partial charge on any atom is 0.0840 e. The number of benzene rings is 2. The quantitative estimate of drug-likeness (QED) is 0.661. The molecule has 1 heterocycles. The molecule has 0 N–H and O–H groups in total. The minimum absolute atomic E-state index is 0.634. The summed E-state index contributed by atoms with van der Waals surface area (Å²) in [6.45, 7) is 2.14. The molecular formula is C14H15N. The van der Waals surface area contributed by atoms with E-state index in [0.29, 0.717) is 6.04 Å². The first kappa shape index (κ1) is 9.91. The van der Waals surface area contributed by atoms with E-state index in [1.165, 1.54) is 17.2 Å². The van der Waals surface area contributed by atoms with Gasteiger partial charge in [-0.25, -0.2) is 0 Å². The van der Waals surface area contributed by atoms with E-state index in [2.05, 4.69) is 60.4 Å². The summed E-state index contributed by atoms with van der Waals surface area (Å²) in [5.41, 5.74) is 0. The smallest absolute Gasteiger partial charge is 0.0840 e. The minimum Gasteiger partial charge on any atom is -0.286 e. The van der Waals surface area contributed by atoms with E-state index in [0.717, 1.165) is 0 Å². The molecule has 0 radical (unpaired) electrons. The van der Waals surface area contributed by atoms with E-state index in [-0.39, 0.29) is 0 Å². The average Bonchev–Trinajstić information content (AvgIpc) is 3.14. The number of rotatable bonds is 1. The highest BCUT2D eigenvalue weighted by molar-refractivity contribution is 5.82. The van der Waals surface area contributed by atoms with Gasteiger partial charge in [-0.3, -0.25) is 4.99 Å². The summed E-state index contributed by atoms with van der Waals surface area (Å²) < 4.78 is 0. The topological polar surface area (TPSA) is 12.4 Å². The van der Waals surface area contributed by atoms with Crippen LogP contribution in [0, 0.1) is 0 Å². The number of hydrogen-bond acceptors (Lipinski definition) is 1. The molecule has 1 atom stereocenters. The standard InChI is InChI=1S/C10H8.C4H7N/c1-2-6-10-8-4-3-7-9(10)5-1;1-2-4-3-5-4/h1-8H;3-4H,2H2,1H3. The summed E-state index contributed by atoms with van der Waals surface area (Å²) in [6, 6.07) is 17.3. The van der Waals surface area contributed by atoms with Crippen LogP contribution in [-0.4, -0.2) is 12.3 Å². The van der Waals surface area contributed by atoms with Gasteiger partial charge in [-0.15, -0.1) is 0 Å². The van der Waals surface area contributed by atoms with Gasteiger partial charge < -0.3 is 0 Å². The Morgan fingerprint density at radius 3 is 1.53 bits per heavy atom. The third-order valence-electron chi connectivity index (χ3n) is 2.44. The molecule has 0 saturated heterocycles. The first-order valence-corrected chi connectivity index (χ1v) is 5.37. The van der Waals surface area contributed by atoms with Crippen LogP contribution in [0.5, 0.6) is 0 Å². The van der Waals surface area contributed by atoms with Crippen molar-refractivity contribution in [3.8, 4) is 0 Å². The third-order valence-corrected chi connectivity index (χ3v) is 2.44. The lowest BCUT2D eigenvalue weighted by molar-refractivity contribution is 0.928. The van der Waals surface area contributed by atoms with Crippen molar-refractivity contribution in [1.82, 2.24) is 0 Å². The third kappa shape index (κ3) is 2.91. The lowest BCUT2D eigenvalue weighted by Gasteiger charge is -1.92. The Morgan fingerprint density at radius 2 is 1.33 bits per heavy atom. The summed E-state index contributed by atoms with van der Waals surface area (Å²) in [6.07, 6.45) is 3.17. The van der Waals surface area contributed by atoms with Crippen molar-refractivity contribution in [2.24, 2.45) is 4.99 Å². The van der Waals surface area contributed by atoms with Crippen LogP contribution >= 0.6 is 0 Å². The fourth-order valence-electron chi connectivity index (χ4n) is 1.40. The van der Waals surface area contributed by atoms with Crippen molar-refractivity contribution in [1.29, 1.82) is 0 Å². The number of nitrogens with zero attached hydrogens (tertiary/aromatic N) is 1. The SMILES string of the molecule is CCC1C=N1.c1ccc2ccccc2c1. The Labute approximate surface area is 90.5 Å². The van der Waals surface area contributed by atoms with Crippen LogP contribution in [0.15, 0.2) is 53.5 Å². The molecule has 15 heavy (non-hydrogen) atoms. The van der Waals surface area contributed by atoms with E-state index in [9.17, 15) is 0 Å². The molecule has 0 saturated carbocycles. The molecule has 0 bridgehead atoms. The van der Waals surface area contributed by atoms with Crippen molar-refractivity contribution in [2.45, 2.75) is 19.4 Å². The van der Waals surface area contributed by atoms with Crippen LogP contribution < -0.4 is 0 Å². The van der Waals surface area contributed by atoms with Gasteiger partial charge >= 0.3 is 0 Å². The monoisotopic (exact) mass is 197 g/mol. The molecule has 76 valence electrons. The van der Waals surface area contributed by atoms with Crippen molar-refractivity contribution in [3.05, 3.63) is 48.5 Å². The van der Waals surface area contributed by atoms with E-state index >= 15 is 0 Å². The summed E-state index contributed by atoms with van der Waals surface area (Å²) in [5.74, 6) is 0. The van der Waals surface area contributed by atoms with Gasteiger partial charge in [0, 0.05) is 6.21 Å². The molecule has 1 heteroatoms. The van der Waals surface area contributed by atoms with Crippen molar-refractivity contribution in [2.75, 3.05) is 0 Å². The zero-order valence-electron chi connectivity index (χ0n) is 8.93. The van der Waals surface area contributed by atoms with Crippen LogP contribution in [0.4, 0.5) is 0 Å². The summed E-state index contributed by atoms with van der Waals surface area (Å²) in [5, 5.41) is 2.62. The minimum atomic E-state index is 0.634. The van der Waals surface area contributed by atoms with Crippen molar-refractivity contribution < 1.29 is 0 Å². The molecule has 0 amide bonds. The van der Waals surface area contributed by atoms with Gasteiger partial charge in [0.05, 0.1) is 6.04 Å². The molecule has 1 unspecified atom stereocenters. The predicted octanol–water partition coefficient (Wildman–Crippen LogP) is 3.69. The molecule has 2 aromatic carbocycles. The number of fused-ring (bicyclic) bond motifs is 1. The predicted molar refractivity (Wildman–Crippen MR) is 66.5 cm³/mol. The molecule has 0 aromatic heterocycles. The van der Waals surface area contributed by atoms with Crippen molar-refractivity contribution in [3.63, 3.8) is 0 Å². The van der Waals surface area contributed by atoms with Gasteiger partial charge in [-0.05, 0) is 17.2 Å². The van der Waals surface area contributed by atoms with Crippen LogP contribution in [0.3, 0.4) is 0 Å². The first-order valence-electron chi connectivity index (χ1n) is 5.37. The van der Waals surface area contributed by atoms with Gasteiger partial charge in [-0.2, -0.15) is 0 Å². The zero-order chi connectivity index (χ0) is 10.5. The van der Waals surface area contributed by atoms with Crippen LogP contribution in [-0.2, 0) is 0 Å². The van der Waals surface area contributed by atoms with Gasteiger partial charge in [0.2, 0.25) is 0 Å². The molecule has 1 aliphatic heterocycles. The molecule has 1 nitrogen and oxygen atoms in total. The molecule has 0 spiro atoms. The van der Waals surface area contributed by atoms with Crippen molar-refractivity contribution >= 4 is 17.0 Å². The van der Waals surface area contributed by atoms with Gasteiger partial charge in [0.25, 0.3) is 0 Å².